The second-order valence-corrected chi connectivity index (χ2v) is 5.39. The summed E-state index contributed by atoms with van der Waals surface area (Å²) in [6.07, 6.45) is 3.86. The first-order chi connectivity index (χ1) is 9.84. The highest BCUT2D eigenvalue weighted by Crippen LogP contribution is 2.21. The molecule has 5 nitrogen and oxygen atoms in total. The Labute approximate surface area is 119 Å². The summed E-state index contributed by atoms with van der Waals surface area (Å²) < 4.78 is 5.32. The Morgan fingerprint density at radius 1 is 1.30 bits per heavy atom. The van der Waals surface area contributed by atoms with E-state index in [2.05, 4.69) is 9.88 Å². The fourth-order valence-corrected chi connectivity index (χ4v) is 2.99. The fraction of sp³-hybridized carbons (Fsp3) is 0.600. The van der Waals surface area contributed by atoms with Crippen molar-refractivity contribution in [2.75, 3.05) is 32.8 Å². The Hall–Kier alpha value is -1.46. The number of carbonyl (C=O) groups is 1. The minimum atomic E-state index is 0.0232. The van der Waals surface area contributed by atoms with Crippen LogP contribution in [0.4, 0.5) is 0 Å². The summed E-state index contributed by atoms with van der Waals surface area (Å²) in [4.78, 5) is 21.2. The normalized spacial score (nSPS) is 24.0. The number of aromatic nitrogens is 1. The maximum Gasteiger partial charge on any atom is 0.240 e. The van der Waals surface area contributed by atoms with Crippen LogP contribution >= 0.6 is 0 Å². The quantitative estimate of drug-likeness (QED) is 0.822. The number of hydrogen-bond acceptors (Lipinski definition) is 4. The van der Waals surface area contributed by atoms with Crippen molar-refractivity contribution in [3.05, 3.63) is 30.1 Å². The number of ether oxygens (including phenoxy) is 1. The van der Waals surface area contributed by atoms with Crippen LogP contribution in [-0.2, 0) is 16.1 Å². The second-order valence-electron chi connectivity index (χ2n) is 5.39. The molecule has 5 heteroatoms. The SMILES string of the molecule is O=C([C@H]1CCCN1Cc1ccccn1)N1CCOCC1. The molecule has 1 atom stereocenters. The van der Waals surface area contributed by atoms with Gasteiger partial charge in [0.05, 0.1) is 24.9 Å². The van der Waals surface area contributed by atoms with Crippen molar-refractivity contribution >= 4 is 5.91 Å². The van der Waals surface area contributed by atoms with E-state index >= 15 is 0 Å². The first-order valence-corrected chi connectivity index (χ1v) is 7.35. The van der Waals surface area contributed by atoms with E-state index in [4.69, 9.17) is 4.74 Å². The van der Waals surface area contributed by atoms with Gasteiger partial charge in [0, 0.05) is 25.8 Å². The Morgan fingerprint density at radius 3 is 2.90 bits per heavy atom. The van der Waals surface area contributed by atoms with Gasteiger partial charge in [-0.1, -0.05) is 6.07 Å². The second kappa shape index (κ2) is 6.33. The molecule has 1 aromatic rings. The zero-order chi connectivity index (χ0) is 13.8. The van der Waals surface area contributed by atoms with Gasteiger partial charge < -0.3 is 9.64 Å². The van der Waals surface area contributed by atoms with Crippen molar-refractivity contribution in [2.45, 2.75) is 25.4 Å². The topological polar surface area (TPSA) is 45.7 Å². The number of hydrogen-bond donors (Lipinski definition) is 0. The van der Waals surface area contributed by atoms with Crippen LogP contribution in [0.15, 0.2) is 24.4 Å². The lowest BCUT2D eigenvalue weighted by atomic mass is 10.1. The molecule has 0 unspecified atom stereocenters. The first kappa shape index (κ1) is 13.5. The molecule has 0 aromatic carbocycles. The van der Waals surface area contributed by atoms with Gasteiger partial charge in [0.1, 0.15) is 0 Å². The molecule has 1 amide bonds. The molecule has 2 fully saturated rings. The molecule has 1 aromatic heterocycles. The highest BCUT2D eigenvalue weighted by molar-refractivity contribution is 5.82. The van der Waals surface area contributed by atoms with Crippen molar-refractivity contribution in [2.24, 2.45) is 0 Å². The van der Waals surface area contributed by atoms with Crippen LogP contribution in [-0.4, -0.2) is 59.6 Å². The summed E-state index contributed by atoms with van der Waals surface area (Å²) in [6.45, 7) is 4.54. The van der Waals surface area contributed by atoms with Crippen molar-refractivity contribution in [3.8, 4) is 0 Å². The number of likely N-dealkylation sites (tertiary alicyclic amines) is 1. The predicted octanol–water partition coefficient (Wildman–Crippen LogP) is 0.905. The molecule has 2 aliphatic rings. The van der Waals surface area contributed by atoms with Gasteiger partial charge in [-0.3, -0.25) is 14.7 Å². The number of pyridine rings is 1. The number of morpholine rings is 1. The summed E-state index contributed by atoms with van der Waals surface area (Å²) >= 11 is 0. The number of carbonyl (C=O) groups excluding carboxylic acids is 1. The molecule has 2 saturated heterocycles. The third-order valence-electron chi connectivity index (χ3n) is 4.06. The molecule has 0 bridgehead atoms. The van der Waals surface area contributed by atoms with Gasteiger partial charge in [-0.25, -0.2) is 0 Å². The summed E-state index contributed by atoms with van der Waals surface area (Å²) in [5.41, 5.74) is 1.04. The zero-order valence-corrected chi connectivity index (χ0v) is 11.7. The summed E-state index contributed by atoms with van der Waals surface area (Å²) in [5, 5.41) is 0. The van der Waals surface area contributed by atoms with Crippen molar-refractivity contribution in [1.29, 1.82) is 0 Å². The van der Waals surface area contributed by atoms with Gasteiger partial charge in [0.2, 0.25) is 5.91 Å². The van der Waals surface area contributed by atoms with Gasteiger partial charge in [0.15, 0.2) is 0 Å². The Bertz CT molecular complexity index is 446. The lowest BCUT2D eigenvalue weighted by molar-refractivity contribution is -0.140. The van der Waals surface area contributed by atoms with Gasteiger partial charge in [-0.2, -0.15) is 0 Å². The van der Waals surface area contributed by atoms with Gasteiger partial charge in [0.25, 0.3) is 0 Å². The monoisotopic (exact) mass is 275 g/mol. The molecular weight excluding hydrogens is 254 g/mol. The third-order valence-corrected chi connectivity index (χ3v) is 4.06. The van der Waals surface area contributed by atoms with E-state index in [0.717, 1.165) is 44.7 Å². The number of rotatable bonds is 3. The number of nitrogens with zero attached hydrogens (tertiary/aromatic N) is 3. The average Bonchev–Trinajstić information content (AvgIpc) is 2.96. The minimum Gasteiger partial charge on any atom is -0.378 e. The van der Waals surface area contributed by atoms with Gasteiger partial charge in [-0.05, 0) is 31.5 Å². The summed E-state index contributed by atoms with van der Waals surface area (Å²) in [7, 11) is 0. The van der Waals surface area contributed by atoms with E-state index in [-0.39, 0.29) is 11.9 Å². The first-order valence-electron chi connectivity index (χ1n) is 7.35. The molecule has 0 aliphatic carbocycles. The van der Waals surface area contributed by atoms with E-state index in [1.165, 1.54) is 0 Å². The van der Waals surface area contributed by atoms with E-state index in [9.17, 15) is 4.79 Å². The van der Waals surface area contributed by atoms with Crippen LogP contribution in [0.25, 0.3) is 0 Å². The third kappa shape index (κ3) is 2.99. The Kier molecular flexibility index (Phi) is 4.28. The highest BCUT2D eigenvalue weighted by atomic mass is 16.5. The van der Waals surface area contributed by atoms with Crippen LogP contribution < -0.4 is 0 Å². The Morgan fingerprint density at radius 2 is 2.15 bits per heavy atom. The van der Waals surface area contributed by atoms with Crippen LogP contribution in [0.2, 0.25) is 0 Å². The van der Waals surface area contributed by atoms with Crippen molar-refractivity contribution < 1.29 is 9.53 Å². The maximum absolute atomic E-state index is 12.6. The van der Waals surface area contributed by atoms with Crippen LogP contribution in [0.3, 0.4) is 0 Å². The molecule has 2 aliphatic heterocycles. The summed E-state index contributed by atoms with van der Waals surface area (Å²) in [5.74, 6) is 0.265. The van der Waals surface area contributed by atoms with E-state index in [1.807, 2.05) is 29.3 Å². The van der Waals surface area contributed by atoms with Crippen molar-refractivity contribution in [3.63, 3.8) is 0 Å². The molecule has 0 spiro atoms. The smallest absolute Gasteiger partial charge is 0.240 e. The zero-order valence-electron chi connectivity index (χ0n) is 11.7. The van der Waals surface area contributed by atoms with Crippen LogP contribution in [0.1, 0.15) is 18.5 Å². The fourth-order valence-electron chi connectivity index (χ4n) is 2.99. The standard InChI is InChI=1S/C15H21N3O2/c19-15(17-8-10-20-11-9-17)14-5-3-7-18(14)12-13-4-1-2-6-16-13/h1-2,4,6,14H,3,5,7-12H2/t14-/m1/s1. The minimum absolute atomic E-state index is 0.0232. The lowest BCUT2D eigenvalue weighted by Gasteiger charge is -2.32. The molecule has 0 radical (unpaired) electrons. The molecule has 0 N–H and O–H groups in total. The highest BCUT2D eigenvalue weighted by Gasteiger charge is 2.34. The molecule has 108 valence electrons. The lowest BCUT2D eigenvalue weighted by Crippen LogP contribution is -2.49. The molecular formula is C15H21N3O2. The van der Waals surface area contributed by atoms with E-state index in [0.29, 0.717) is 13.2 Å². The molecule has 0 saturated carbocycles. The average molecular weight is 275 g/mol. The summed E-state index contributed by atoms with van der Waals surface area (Å²) in [6, 6.07) is 5.96. The van der Waals surface area contributed by atoms with Crippen LogP contribution in [0, 0.1) is 0 Å². The molecule has 3 rings (SSSR count). The van der Waals surface area contributed by atoms with Crippen LogP contribution in [0.5, 0.6) is 0 Å². The molecule has 20 heavy (non-hydrogen) atoms. The largest absolute Gasteiger partial charge is 0.378 e. The van der Waals surface area contributed by atoms with E-state index in [1.54, 1.807) is 0 Å². The van der Waals surface area contributed by atoms with Gasteiger partial charge >= 0.3 is 0 Å². The maximum atomic E-state index is 12.6. The van der Waals surface area contributed by atoms with Crippen molar-refractivity contribution in [1.82, 2.24) is 14.8 Å². The van der Waals surface area contributed by atoms with Gasteiger partial charge in [-0.15, -0.1) is 0 Å². The molecule has 3 heterocycles. The van der Waals surface area contributed by atoms with E-state index < -0.39 is 0 Å². The number of amides is 1. The Balaban J connectivity index is 1.64. The predicted molar refractivity (Wildman–Crippen MR) is 75.1 cm³/mol.